The van der Waals surface area contributed by atoms with Gasteiger partial charge in [0.1, 0.15) is 5.75 Å². The van der Waals surface area contributed by atoms with E-state index >= 15 is 0 Å². The minimum atomic E-state index is -3.35. The van der Waals surface area contributed by atoms with Crippen molar-refractivity contribution in [2.24, 2.45) is 0 Å². The number of hydrogen-bond acceptors (Lipinski definition) is 2. The maximum absolute atomic E-state index is 12.8. The second-order valence-electron chi connectivity index (χ2n) is 3.91. The number of alkyl halides is 2. The van der Waals surface area contributed by atoms with E-state index in [1.807, 2.05) is 13.8 Å². The standard InChI is InChI=1S/C12H14F2O2/c1-8(2)16-10-6-4-5-9(7-10)11(15)12(3,13)14/h4-8H,1-3H3. The highest BCUT2D eigenvalue weighted by Crippen LogP contribution is 2.22. The largest absolute Gasteiger partial charge is 0.491 e. The molecule has 0 bridgehead atoms. The summed E-state index contributed by atoms with van der Waals surface area (Å²) in [6.07, 6.45) is -0.0625. The fourth-order valence-corrected chi connectivity index (χ4v) is 1.24. The number of carbonyl (C=O) groups excluding carboxylic acids is 1. The first-order valence-electron chi connectivity index (χ1n) is 5.00. The van der Waals surface area contributed by atoms with Crippen LogP contribution in [0.4, 0.5) is 8.78 Å². The van der Waals surface area contributed by atoms with Crippen molar-refractivity contribution in [1.29, 1.82) is 0 Å². The number of hydrogen-bond donors (Lipinski definition) is 0. The second-order valence-corrected chi connectivity index (χ2v) is 3.91. The van der Waals surface area contributed by atoms with Crippen LogP contribution >= 0.6 is 0 Å². The SMILES string of the molecule is CC(C)Oc1cccc(C(=O)C(C)(F)F)c1. The summed E-state index contributed by atoms with van der Waals surface area (Å²) in [5.74, 6) is -4.12. The van der Waals surface area contributed by atoms with E-state index < -0.39 is 11.7 Å². The Morgan fingerprint density at radius 3 is 2.50 bits per heavy atom. The van der Waals surface area contributed by atoms with E-state index in [1.54, 1.807) is 6.07 Å². The Morgan fingerprint density at radius 2 is 2.00 bits per heavy atom. The Balaban J connectivity index is 2.95. The van der Waals surface area contributed by atoms with Crippen LogP contribution in [0.3, 0.4) is 0 Å². The Kier molecular flexibility index (Phi) is 3.62. The molecule has 0 aliphatic carbocycles. The molecule has 0 atom stereocenters. The average molecular weight is 228 g/mol. The molecule has 2 nitrogen and oxygen atoms in total. The summed E-state index contributed by atoms with van der Waals surface area (Å²) in [5.41, 5.74) is -0.0364. The van der Waals surface area contributed by atoms with Crippen LogP contribution in [-0.2, 0) is 0 Å². The Morgan fingerprint density at radius 1 is 1.38 bits per heavy atom. The molecule has 1 rings (SSSR count). The molecule has 0 fully saturated rings. The molecule has 0 aromatic heterocycles. The number of benzene rings is 1. The molecular formula is C12H14F2O2. The Bertz CT molecular complexity index is 381. The lowest BCUT2D eigenvalue weighted by Gasteiger charge is -2.12. The molecule has 0 saturated heterocycles. The molecule has 0 aliphatic rings. The van der Waals surface area contributed by atoms with E-state index in [1.165, 1.54) is 18.2 Å². The molecule has 0 unspecified atom stereocenters. The molecule has 88 valence electrons. The molecule has 1 aromatic carbocycles. The summed E-state index contributed by atoms with van der Waals surface area (Å²) in [6, 6.07) is 5.84. The van der Waals surface area contributed by atoms with Crippen molar-refractivity contribution < 1.29 is 18.3 Å². The third kappa shape index (κ3) is 3.29. The predicted octanol–water partition coefficient (Wildman–Crippen LogP) is 3.31. The highest BCUT2D eigenvalue weighted by atomic mass is 19.3. The number of rotatable bonds is 4. The van der Waals surface area contributed by atoms with Crippen molar-refractivity contribution >= 4 is 5.78 Å². The van der Waals surface area contributed by atoms with E-state index in [4.69, 9.17) is 4.74 Å². The predicted molar refractivity (Wildman–Crippen MR) is 57.2 cm³/mol. The number of ether oxygens (including phenoxy) is 1. The molecular weight excluding hydrogens is 214 g/mol. The van der Waals surface area contributed by atoms with Gasteiger partial charge in [-0.1, -0.05) is 12.1 Å². The number of Topliss-reactive ketones (excluding diaryl/α,β-unsaturated/α-hetero) is 1. The van der Waals surface area contributed by atoms with Gasteiger partial charge in [-0.3, -0.25) is 4.79 Å². The maximum atomic E-state index is 12.8. The van der Waals surface area contributed by atoms with Crippen LogP contribution in [-0.4, -0.2) is 17.8 Å². The van der Waals surface area contributed by atoms with Crippen molar-refractivity contribution in [3.8, 4) is 5.75 Å². The van der Waals surface area contributed by atoms with Gasteiger partial charge in [0.25, 0.3) is 0 Å². The van der Waals surface area contributed by atoms with Gasteiger partial charge < -0.3 is 4.74 Å². The minimum Gasteiger partial charge on any atom is -0.491 e. The smallest absolute Gasteiger partial charge is 0.307 e. The van der Waals surface area contributed by atoms with Crippen LogP contribution < -0.4 is 4.74 Å². The normalized spacial score (nSPS) is 11.6. The molecule has 0 amide bonds. The van der Waals surface area contributed by atoms with Crippen LogP contribution in [0.5, 0.6) is 5.75 Å². The van der Waals surface area contributed by atoms with Crippen molar-refractivity contribution in [2.75, 3.05) is 0 Å². The van der Waals surface area contributed by atoms with Gasteiger partial charge in [0, 0.05) is 12.5 Å². The van der Waals surface area contributed by atoms with Crippen LogP contribution in [0.25, 0.3) is 0 Å². The fraction of sp³-hybridized carbons (Fsp3) is 0.417. The monoisotopic (exact) mass is 228 g/mol. The molecule has 0 heterocycles. The van der Waals surface area contributed by atoms with Gasteiger partial charge in [-0.15, -0.1) is 0 Å². The Hall–Kier alpha value is -1.45. The summed E-state index contributed by atoms with van der Waals surface area (Å²) in [6.45, 7) is 4.23. The molecule has 1 aromatic rings. The summed E-state index contributed by atoms with van der Waals surface area (Å²) in [7, 11) is 0. The van der Waals surface area contributed by atoms with E-state index in [0.29, 0.717) is 12.7 Å². The van der Waals surface area contributed by atoms with Crippen molar-refractivity contribution in [3.05, 3.63) is 29.8 Å². The molecule has 0 saturated carbocycles. The third-order valence-corrected chi connectivity index (χ3v) is 1.87. The van der Waals surface area contributed by atoms with Crippen LogP contribution in [0.2, 0.25) is 0 Å². The summed E-state index contributed by atoms with van der Waals surface area (Å²) >= 11 is 0. The lowest BCUT2D eigenvalue weighted by molar-refractivity contribution is 0.0221. The highest BCUT2D eigenvalue weighted by Gasteiger charge is 2.33. The zero-order valence-corrected chi connectivity index (χ0v) is 9.46. The molecule has 0 N–H and O–H groups in total. The second kappa shape index (κ2) is 4.60. The first-order chi connectivity index (χ1) is 7.30. The summed E-state index contributed by atoms with van der Waals surface area (Å²) in [4.78, 5) is 11.3. The highest BCUT2D eigenvalue weighted by molar-refractivity contribution is 6.01. The van der Waals surface area contributed by atoms with E-state index in [2.05, 4.69) is 0 Å². The first kappa shape index (κ1) is 12.6. The lowest BCUT2D eigenvalue weighted by Crippen LogP contribution is -2.24. The number of halogens is 2. The Labute approximate surface area is 93.2 Å². The average Bonchev–Trinajstić information content (AvgIpc) is 2.14. The van der Waals surface area contributed by atoms with Gasteiger partial charge in [-0.2, -0.15) is 8.78 Å². The van der Waals surface area contributed by atoms with Crippen molar-refractivity contribution in [1.82, 2.24) is 0 Å². The van der Waals surface area contributed by atoms with Crippen LogP contribution in [0.1, 0.15) is 31.1 Å². The van der Waals surface area contributed by atoms with Crippen LogP contribution in [0, 0.1) is 0 Å². The van der Waals surface area contributed by atoms with Gasteiger partial charge in [0.15, 0.2) is 0 Å². The fourth-order valence-electron chi connectivity index (χ4n) is 1.24. The van der Waals surface area contributed by atoms with Crippen molar-refractivity contribution in [2.45, 2.75) is 32.8 Å². The molecule has 4 heteroatoms. The number of carbonyl (C=O) groups is 1. The molecule has 0 spiro atoms. The van der Waals surface area contributed by atoms with E-state index in [0.717, 1.165) is 0 Å². The maximum Gasteiger partial charge on any atom is 0.307 e. The van der Waals surface area contributed by atoms with Gasteiger partial charge in [-0.25, -0.2) is 0 Å². The molecule has 0 aliphatic heterocycles. The van der Waals surface area contributed by atoms with Crippen LogP contribution in [0.15, 0.2) is 24.3 Å². The van der Waals surface area contributed by atoms with Gasteiger partial charge in [0.2, 0.25) is 5.78 Å². The summed E-state index contributed by atoms with van der Waals surface area (Å²) < 4.78 is 30.9. The zero-order chi connectivity index (χ0) is 12.3. The minimum absolute atomic E-state index is 0.0364. The van der Waals surface area contributed by atoms with Gasteiger partial charge in [0.05, 0.1) is 6.10 Å². The zero-order valence-electron chi connectivity index (χ0n) is 9.46. The first-order valence-corrected chi connectivity index (χ1v) is 5.00. The third-order valence-electron chi connectivity index (χ3n) is 1.87. The topological polar surface area (TPSA) is 26.3 Å². The number of ketones is 1. The van der Waals surface area contributed by atoms with E-state index in [-0.39, 0.29) is 11.7 Å². The molecule has 0 radical (unpaired) electrons. The molecule has 16 heavy (non-hydrogen) atoms. The van der Waals surface area contributed by atoms with Crippen molar-refractivity contribution in [3.63, 3.8) is 0 Å². The van der Waals surface area contributed by atoms with E-state index in [9.17, 15) is 13.6 Å². The lowest BCUT2D eigenvalue weighted by atomic mass is 10.1. The van der Waals surface area contributed by atoms with Gasteiger partial charge >= 0.3 is 5.92 Å². The summed E-state index contributed by atoms with van der Waals surface area (Å²) in [5, 5.41) is 0. The van der Waals surface area contributed by atoms with Gasteiger partial charge in [-0.05, 0) is 26.0 Å². The quantitative estimate of drug-likeness (QED) is 0.739.